The molecule has 0 radical (unpaired) electrons. The summed E-state index contributed by atoms with van der Waals surface area (Å²) in [5.74, 6) is 0.0267. The topological polar surface area (TPSA) is 87.5 Å². The minimum atomic E-state index is -0.418. The highest BCUT2D eigenvalue weighted by molar-refractivity contribution is 5.78. The van der Waals surface area contributed by atoms with Crippen molar-refractivity contribution in [2.75, 3.05) is 39.3 Å². The number of non-ortho nitro benzene ring substituents is 1. The predicted octanol–water partition coefficient (Wildman–Crippen LogP) is 0.159. The van der Waals surface area contributed by atoms with Crippen molar-refractivity contribution in [2.24, 2.45) is 0 Å². The van der Waals surface area contributed by atoms with E-state index in [-0.39, 0.29) is 11.6 Å². The summed E-state index contributed by atoms with van der Waals surface area (Å²) in [5.41, 5.74) is 1.06. The Hall–Kier alpha value is -1.99. The van der Waals surface area contributed by atoms with Crippen LogP contribution in [-0.4, -0.2) is 55.0 Å². The van der Waals surface area contributed by atoms with E-state index in [9.17, 15) is 14.9 Å². The molecule has 1 heterocycles. The average molecular weight is 292 g/mol. The molecule has 0 aromatic heterocycles. The molecule has 1 aliphatic rings. The van der Waals surface area contributed by atoms with Crippen molar-refractivity contribution < 1.29 is 9.72 Å². The maximum atomic E-state index is 11.8. The normalized spacial score (nSPS) is 15.6. The molecule has 2 rings (SSSR count). The number of hydrogen-bond acceptors (Lipinski definition) is 5. The first-order valence-corrected chi connectivity index (χ1v) is 7.08. The molecule has 0 atom stereocenters. The van der Waals surface area contributed by atoms with Gasteiger partial charge in [0.25, 0.3) is 5.69 Å². The molecule has 7 nitrogen and oxygen atoms in total. The van der Waals surface area contributed by atoms with Gasteiger partial charge in [-0.05, 0) is 12.0 Å². The summed E-state index contributed by atoms with van der Waals surface area (Å²) in [6, 6.07) is 6.41. The number of nitrogens with one attached hydrogen (secondary N) is 2. The lowest BCUT2D eigenvalue weighted by molar-refractivity contribution is -0.384. The van der Waals surface area contributed by atoms with Crippen LogP contribution in [0.25, 0.3) is 0 Å². The Morgan fingerprint density at radius 2 is 1.95 bits per heavy atom. The van der Waals surface area contributed by atoms with Gasteiger partial charge in [0.15, 0.2) is 0 Å². The lowest BCUT2D eigenvalue weighted by Gasteiger charge is -2.26. The second-order valence-electron chi connectivity index (χ2n) is 5.05. The van der Waals surface area contributed by atoms with Gasteiger partial charge in [0, 0.05) is 44.9 Å². The van der Waals surface area contributed by atoms with Crippen molar-refractivity contribution in [3.05, 3.63) is 39.9 Å². The van der Waals surface area contributed by atoms with Crippen molar-refractivity contribution in [2.45, 2.75) is 6.42 Å². The molecule has 21 heavy (non-hydrogen) atoms. The van der Waals surface area contributed by atoms with Crippen LogP contribution < -0.4 is 10.6 Å². The number of nitro benzene ring substituents is 1. The number of nitro groups is 1. The van der Waals surface area contributed by atoms with Gasteiger partial charge in [0.2, 0.25) is 5.91 Å². The van der Waals surface area contributed by atoms with Crippen LogP contribution in [0.5, 0.6) is 0 Å². The zero-order valence-corrected chi connectivity index (χ0v) is 11.9. The Labute approximate surface area is 123 Å². The molecule has 0 unspecified atom stereocenters. The Morgan fingerprint density at radius 3 is 2.57 bits per heavy atom. The van der Waals surface area contributed by atoms with Crippen molar-refractivity contribution in [3.63, 3.8) is 0 Å². The third-order valence-corrected chi connectivity index (χ3v) is 3.46. The molecule has 114 valence electrons. The van der Waals surface area contributed by atoms with E-state index in [1.807, 2.05) is 0 Å². The maximum absolute atomic E-state index is 11.8. The summed E-state index contributed by atoms with van der Waals surface area (Å²) in [6.45, 7) is 4.63. The summed E-state index contributed by atoms with van der Waals surface area (Å²) in [5, 5.41) is 16.7. The highest BCUT2D eigenvalue weighted by Crippen LogP contribution is 2.11. The summed E-state index contributed by atoms with van der Waals surface area (Å²) in [6.07, 6.45) is 0.672. The maximum Gasteiger partial charge on any atom is 0.269 e. The molecule has 1 fully saturated rings. The van der Waals surface area contributed by atoms with Crippen molar-refractivity contribution >= 4 is 11.6 Å². The molecule has 1 amide bonds. The number of carbonyl (C=O) groups excluding carboxylic acids is 1. The van der Waals surface area contributed by atoms with Crippen LogP contribution in [0, 0.1) is 10.1 Å². The SMILES string of the molecule is O=C(CN1CCNCC1)NCCc1ccc([N+](=O)[O-])cc1. The van der Waals surface area contributed by atoms with Crippen molar-refractivity contribution in [1.82, 2.24) is 15.5 Å². The minimum Gasteiger partial charge on any atom is -0.355 e. The molecule has 1 aromatic rings. The van der Waals surface area contributed by atoms with E-state index >= 15 is 0 Å². The number of rotatable bonds is 6. The van der Waals surface area contributed by atoms with Crippen LogP contribution in [0.15, 0.2) is 24.3 Å². The molecular formula is C14H20N4O3. The highest BCUT2D eigenvalue weighted by atomic mass is 16.6. The number of carbonyl (C=O) groups is 1. The average Bonchev–Trinajstić information content (AvgIpc) is 2.49. The third kappa shape index (κ3) is 5.13. The molecule has 0 saturated carbocycles. The van der Waals surface area contributed by atoms with E-state index in [0.29, 0.717) is 19.5 Å². The lowest BCUT2D eigenvalue weighted by Crippen LogP contribution is -2.47. The van der Waals surface area contributed by atoms with Gasteiger partial charge in [-0.1, -0.05) is 12.1 Å². The van der Waals surface area contributed by atoms with Gasteiger partial charge in [0.05, 0.1) is 11.5 Å². The van der Waals surface area contributed by atoms with Crippen LogP contribution in [0.3, 0.4) is 0 Å². The molecule has 2 N–H and O–H groups in total. The Bertz CT molecular complexity index is 483. The molecule has 7 heteroatoms. The number of amides is 1. The Kier molecular flexibility index (Phi) is 5.65. The lowest BCUT2D eigenvalue weighted by atomic mass is 10.1. The van der Waals surface area contributed by atoms with Gasteiger partial charge in [-0.2, -0.15) is 0 Å². The number of piperazine rings is 1. The van der Waals surface area contributed by atoms with Crippen molar-refractivity contribution in [1.29, 1.82) is 0 Å². The number of benzene rings is 1. The van der Waals surface area contributed by atoms with Gasteiger partial charge in [-0.15, -0.1) is 0 Å². The fourth-order valence-electron chi connectivity index (χ4n) is 2.26. The Morgan fingerprint density at radius 1 is 1.29 bits per heavy atom. The molecular weight excluding hydrogens is 272 g/mol. The van der Waals surface area contributed by atoms with Crippen LogP contribution in [0.2, 0.25) is 0 Å². The van der Waals surface area contributed by atoms with E-state index in [0.717, 1.165) is 31.7 Å². The number of hydrogen-bond donors (Lipinski definition) is 2. The summed E-state index contributed by atoms with van der Waals surface area (Å²) >= 11 is 0. The summed E-state index contributed by atoms with van der Waals surface area (Å²) in [7, 11) is 0. The fraction of sp³-hybridized carbons (Fsp3) is 0.500. The smallest absolute Gasteiger partial charge is 0.269 e. The quantitative estimate of drug-likeness (QED) is 0.576. The number of nitrogens with zero attached hydrogens (tertiary/aromatic N) is 2. The first kappa shape index (κ1) is 15.4. The zero-order valence-electron chi connectivity index (χ0n) is 11.9. The van der Waals surface area contributed by atoms with Gasteiger partial charge < -0.3 is 10.6 Å². The molecule has 1 saturated heterocycles. The van der Waals surface area contributed by atoms with Gasteiger partial charge >= 0.3 is 0 Å². The van der Waals surface area contributed by atoms with E-state index in [4.69, 9.17) is 0 Å². The van der Waals surface area contributed by atoms with Gasteiger partial charge in [0.1, 0.15) is 0 Å². The second kappa shape index (κ2) is 7.70. The van der Waals surface area contributed by atoms with E-state index in [1.54, 1.807) is 12.1 Å². The fourth-order valence-corrected chi connectivity index (χ4v) is 2.26. The van der Waals surface area contributed by atoms with Crippen LogP contribution in [-0.2, 0) is 11.2 Å². The van der Waals surface area contributed by atoms with Crippen LogP contribution in [0.1, 0.15) is 5.56 Å². The highest BCUT2D eigenvalue weighted by Gasteiger charge is 2.12. The zero-order chi connectivity index (χ0) is 15.1. The van der Waals surface area contributed by atoms with Crippen LogP contribution >= 0.6 is 0 Å². The van der Waals surface area contributed by atoms with Gasteiger partial charge in [-0.3, -0.25) is 19.8 Å². The van der Waals surface area contributed by atoms with Gasteiger partial charge in [-0.25, -0.2) is 0 Å². The summed E-state index contributed by atoms with van der Waals surface area (Å²) in [4.78, 5) is 24.0. The molecule has 1 aliphatic heterocycles. The Balaban J connectivity index is 1.68. The van der Waals surface area contributed by atoms with E-state index < -0.39 is 4.92 Å². The van der Waals surface area contributed by atoms with E-state index in [2.05, 4.69) is 15.5 Å². The van der Waals surface area contributed by atoms with Crippen molar-refractivity contribution in [3.8, 4) is 0 Å². The molecule has 0 bridgehead atoms. The first-order chi connectivity index (χ1) is 10.1. The summed E-state index contributed by atoms with van der Waals surface area (Å²) < 4.78 is 0. The predicted molar refractivity (Wildman–Crippen MR) is 79.1 cm³/mol. The second-order valence-corrected chi connectivity index (χ2v) is 5.05. The standard InChI is InChI=1S/C14H20N4O3/c19-14(11-17-9-7-15-8-10-17)16-6-5-12-1-3-13(4-2-12)18(20)21/h1-4,15H,5-11H2,(H,16,19). The largest absolute Gasteiger partial charge is 0.355 e. The monoisotopic (exact) mass is 292 g/mol. The third-order valence-electron chi connectivity index (χ3n) is 3.46. The molecule has 0 aliphatic carbocycles. The van der Waals surface area contributed by atoms with Crippen LogP contribution in [0.4, 0.5) is 5.69 Å². The molecule has 1 aromatic carbocycles. The first-order valence-electron chi connectivity index (χ1n) is 7.08. The minimum absolute atomic E-state index is 0.0267. The van der Waals surface area contributed by atoms with E-state index in [1.165, 1.54) is 12.1 Å². The molecule has 0 spiro atoms.